The van der Waals surface area contributed by atoms with Crippen LogP contribution in [0.4, 0.5) is 25.1 Å². The lowest BCUT2D eigenvalue weighted by atomic mass is 9.98. The van der Waals surface area contributed by atoms with Gasteiger partial charge in [0, 0.05) is 57.7 Å². The SMILES string of the molecule is Cc1ccc(CN2CCN(C(=O)OC(C)(C)C)CC2)cc1-c1cc(CC2CC2(F)F)c2c(n1)N(C)S(=O)(=O)N2. The largest absolute Gasteiger partial charge is 0.444 e. The molecule has 1 saturated carbocycles. The number of pyridine rings is 1. The number of hydrogen-bond acceptors (Lipinski definition) is 6. The standard InChI is InChI=1S/C27H35F2N5O4S/c1-17-6-7-18(16-33-8-10-34(11-9-33)25(35)38-26(2,3)4)12-21(17)22-14-19(13-20-15-27(20,28)29)23-24(30-22)32(5)39(36,37)31-23/h6-7,12,14,20,31H,8-11,13,15-16H2,1-5H3. The molecule has 2 aliphatic heterocycles. The summed E-state index contributed by atoms with van der Waals surface area (Å²) in [4.78, 5) is 21.0. The van der Waals surface area contributed by atoms with Crippen molar-refractivity contribution in [3.05, 3.63) is 41.0 Å². The van der Waals surface area contributed by atoms with Gasteiger partial charge in [-0.3, -0.25) is 9.62 Å². The summed E-state index contributed by atoms with van der Waals surface area (Å²) in [6, 6.07) is 7.79. The number of carbonyl (C=O) groups is 1. The zero-order valence-electron chi connectivity index (χ0n) is 22.9. The van der Waals surface area contributed by atoms with E-state index in [9.17, 15) is 22.0 Å². The van der Waals surface area contributed by atoms with Gasteiger partial charge in [0.05, 0.1) is 11.4 Å². The number of hydrogen-bond donors (Lipinski definition) is 1. The monoisotopic (exact) mass is 563 g/mol. The highest BCUT2D eigenvalue weighted by atomic mass is 32.2. The van der Waals surface area contributed by atoms with Gasteiger partial charge in [-0.05, 0) is 62.9 Å². The molecule has 0 spiro atoms. The Kier molecular flexibility index (Phi) is 6.77. The molecule has 39 heavy (non-hydrogen) atoms. The summed E-state index contributed by atoms with van der Waals surface area (Å²) in [6.45, 7) is 10.7. The molecular formula is C27H35F2N5O4S. The third-order valence-electron chi connectivity index (χ3n) is 7.40. The lowest BCUT2D eigenvalue weighted by Gasteiger charge is -2.35. The lowest BCUT2D eigenvalue weighted by molar-refractivity contribution is 0.0139. The number of nitrogens with zero attached hydrogens (tertiary/aromatic N) is 4. The summed E-state index contributed by atoms with van der Waals surface area (Å²) < 4.78 is 61.6. The molecule has 1 aromatic carbocycles. The molecule has 2 aromatic rings. The smallest absolute Gasteiger partial charge is 0.410 e. The molecule has 12 heteroatoms. The summed E-state index contributed by atoms with van der Waals surface area (Å²) >= 11 is 0. The van der Waals surface area contributed by atoms with Crippen LogP contribution in [-0.2, 0) is 27.9 Å². The number of nitrogens with one attached hydrogen (secondary N) is 1. The molecule has 0 bridgehead atoms. The van der Waals surface area contributed by atoms with E-state index in [1.165, 1.54) is 7.05 Å². The highest BCUT2D eigenvalue weighted by Crippen LogP contribution is 2.52. The highest BCUT2D eigenvalue weighted by molar-refractivity contribution is 7.94. The second kappa shape index (κ2) is 9.58. The second-order valence-electron chi connectivity index (χ2n) is 11.7. The average molecular weight is 564 g/mol. The van der Waals surface area contributed by atoms with Gasteiger partial charge in [0.1, 0.15) is 5.60 Å². The maximum atomic E-state index is 13.8. The zero-order valence-corrected chi connectivity index (χ0v) is 23.7. The van der Waals surface area contributed by atoms with Crippen LogP contribution in [0.25, 0.3) is 11.3 Å². The van der Waals surface area contributed by atoms with E-state index in [0.717, 1.165) is 21.0 Å². The van der Waals surface area contributed by atoms with Gasteiger partial charge in [0.15, 0.2) is 5.82 Å². The zero-order chi connectivity index (χ0) is 28.3. The van der Waals surface area contributed by atoms with Crippen molar-refractivity contribution in [3.63, 3.8) is 0 Å². The molecule has 1 aliphatic carbocycles. The Morgan fingerprint density at radius 2 is 1.85 bits per heavy atom. The van der Waals surface area contributed by atoms with Crippen molar-refractivity contribution in [1.82, 2.24) is 14.8 Å². The number of anilines is 2. The summed E-state index contributed by atoms with van der Waals surface area (Å²) in [5.41, 5.74) is 3.62. The van der Waals surface area contributed by atoms with E-state index in [1.54, 1.807) is 11.0 Å². The third-order valence-corrected chi connectivity index (χ3v) is 8.76. The highest BCUT2D eigenvalue weighted by Gasteiger charge is 2.56. The van der Waals surface area contributed by atoms with Crippen LogP contribution in [0.15, 0.2) is 24.3 Å². The van der Waals surface area contributed by atoms with Crippen LogP contribution < -0.4 is 9.03 Å². The molecule has 1 atom stereocenters. The van der Waals surface area contributed by atoms with Gasteiger partial charge >= 0.3 is 16.3 Å². The molecule has 212 valence electrons. The number of fused-ring (bicyclic) bond motifs is 1. The quantitative estimate of drug-likeness (QED) is 0.579. The maximum absolute atomic E-state index is 13.8. The fraction of sp³-hybridized carbons (Fsp3) is 0.556. The fourth-order valence-electron chi connectivity index (χ4n) is 5.01. The number of aromatic nitrogens is 1. The van der Waals surface area contributed by atoms with Crippen LogP contribution in [0.1, 0.15) is 43.9 Å². The predicted molar refractivity (Wildman–Crippen MR) is 145 cm³/mol. The van der Waals surface area contributed by atoms with E-state index in [4.69, 9.17) is 4.74 Å². The summed E-state index contributed by atoms with van der Waals surface area (Å²) in [5, 5.41) is 0. The van der Waals surface area contributed by atoms with E-state index in [-0.39, 0.29) is 30.4 Å². The van der Waals surface area contributed by atoms with Crippen molar-refractivity contribution >= 4 is 27.8 Å². The first kappa shape index (κ1) is 27.6. The Labute approximate surface area is 228 Å². The molecule has 1 amide bonds. The molecule has 5 rings (SSSR count). The topological polar surface area (TPSA) is 95.1 Å². The van der Waals surface area contributed by atoms with Crippen LogP contribution in [0.3, 0.4) is 0 Å². The van der Waals surface area contributed by atoms with Gasteiger partial charge in [0.25, 0.3) is 5.92 Å². The van der Waals surface area contributed by atoms with Gasteiger partial charge in [-0.2, -0.15) is 8.42 Å². The second-order valence-corrected chi connectivity index (χ2v) is 13.4. The minimum Gasteiger partial charge on any atom is -0.444 e. The number of alkyl halides is 2. The van der Waals surface area contributed by atoms with Crippen LogP contribution in [0.5, 0.6) is 0 Å². The number of aryl methyl sites for hydroxylation is 1. The number of amides is 1. The Hall–Kier alpha value is -2.99. The van der Waals surface area contributed by atoms with E-state index in [1.807, 2.05) is 45.9 Å². The number of ether oxygens (including phenoxy) is 1. The average Bonchev–Trinajstić information content (AvgIpc) is 3.36. The summed E-state index contributed by atoms with van der Waals surface area (Å²) in [5.74, 6) is -3.31. The molecule has 9 nitrogen and oxygen atoms in total. The molecule has 1 aromatic heterocycles. The molecule has 3 heterocycles. The molecule has 2 fully saturated rings. The first-order chi connectivity index (χ1) is 18.1. The Morgan fingerprint density at radius 1 is 1.18 bits per heavy atom. The maximum Gasteiger partial charge on any atom is 0.410 e. The first-order valence-corrected chi connectivity index (χ1v) is 14.6. The third kappa shape index (κ3) is 5.81. The number of benzene rings is 1. The molecular weight excluding hydrogens is 528 g/mol. The van der Waals surface area contributed by atoms with Crippen molar-refractivity contribution in [2.75, 3.05) is 42.3 Å². The Bertz CT molecular complexity index is 1400. The minimum atomic E-state index is -3.82. The van der Waals surface area contributed by atoms with Gasteiger partial charge in [-0.25, -0.2) is 22.9 Å². The molecule has 1 saturated heterocycles. The lowest BCUT2D eigenvalue weighted by Crippen LogP contribution is -2.49. The molecule has 3 aliphatic rings. The van der Waals surface area contributed by atoms with Crippen LogP contribution in [-0.4, -0.2) is 74.0 Å². The molecule has 1 unspecified atom stereocenters. The van der Waals surface area contributed by atoms with E-state index >= 15 is 0 Å². The first-order valence-electron chi connectivity index (χ1n) is 13.1. The number of piperazine rings is 1. The Balaban J connectivity index is 1.36. The van der Waals surface area contributed by atoms with Crippen molar-refractivity contribution in [2.24, 2.45) is 5.92 Å². The molecule has 1 N–H and O–H groups in total. The summed E-state index contributed by atoms with van der Waals surface area (Å²) in [7, 11) is -2.41. The number of halogens is 2. The van der Waals surface area contributed by atoms with Gasteiger partial charge < -0.3 is 9.64 Å². The van der Waals surface area contributed by atoms with Crippen molar-refractivity contribution in [1.29, 1.82) is 0 Å². The minimum absolute atomic E-state index is 0.0713. The van der Waals surface area contributed by atoms with Crippen LogP contribution in [0, 0.1) is 12.8 Å². The number of carbonyl (C=O) groups excluding carboxylic acids is 1. The van der Waals surface area contributed by atoms with Crippen LogP contribution in [0.2, 0.25) is 0 Å². The summed E-state index contributed by atoms with van der Waals surface area (Å²) in [6.07, 6.45) is -0.428. The van der Waals surface area contributed by atoms with Gasteiger partial charge in [-0.15, -0.1) is 0 Å². The van der Waals surface area contributed by atoms with Crippen molar-refractivity contribution in [2.45, 2.75) is 58.6 Å². The Morgan fingerprint density at radius 3 is 2.46 bits per heavy atom. The van der Waals surface area contributed by atoms with Gasteiger partial charge in [0.2, 0.25) is 0 Å². The van der Waals surface area contributed by atoms with Gasteiger partial charge in [-0.1, -0.05) is 12.1 Å². The van der Waals surface area contributed by atoms with E-state index < -0.39 is 27.7 Å². The van der Waals surface area contributed by atoms with E-state index in [0.29, 0.717) is 44.0 Å². The normalized spacial score (nSPS) is 21.9. The van der Waals surface area contributed by atoms with E-state index in [2.05, 4.69) is 14.6 Å². The van der Waals surface area contributed by atoms with Crippen LogP contribution >= 0.6 is 0 Å². The predicted octanol–water partition coefficient (Wildman–Crippen LogP) is 4.41. The molecule has 0 radical (unpaired) electrons. The number of rotatable bonds is 5. The van der Waals surface area contributed by atoms with Crippen molar-refractivity contribution in [3.8, 4) is 11.3 Å². The fourth-order valence-corrected chi connectivity index (χ4v) is 5.98. The van der Waals surface area contributed by atoms with Crippen molar-refractivity contribution < 1.29 is 26.7 Å².